The van der Waals surface area contributed by atoms with Crippen molar-refractivity contribution in [1.82, 2.24) is 9.97 Å². The molecule has 0 aliphatic heterocycles. The molecule has 0 saturated carbocycles. The van der Waals surface area contributed by atoms with Gasteiger partial charge in [-0.15, -0.1) is 0 Å². The Balaban J connectivity index is 1.62. The number of hydrogen-bond acceptors (Lipinski definition) is 2. The largest absolute Gasteiger partial charge is 0.228 e. The third-order valence-corrected chi connectivity index (χ3v) is 6.20. The zero-order valence-electron chi connectivity index (χ0n) is 17.0. The van der Waals surface area contributed by atoms with Crippen molar-refractivity contribution in [3.05, 3.63) is 118 Å². The molecule has 32 heavy (non-hydrogen) atoms. The molecule has 0 saturated heterocycles. The SMILES string of the molecule is Brc1cccc(-c2cc(-c3ccc(-c4ccccc4)cc3)nc(-c3cccc(Br)c3)n2)c1. The molecule has 0 bridgehead atoms. The van der Waals surface area contributed by atoms with Gasteiger partial charge in [0.25, 0.3) is 0 Å². The monoisotopic (exact) mass is 540 g/mol. The first-order valence-electron chi connectivity index (χ1n) is 10.2. The van der Waals surface area contributed by atoms with Gasteiger partial charge in [-0.25, -0.2) is 9.97 Å². The first kappa shape index (κ1) is 20.8. The number of nitrogens with zero attached hydrogens (tertiary/aromatic N) is 2. The topological polar surface area (TPSA) is 25.8 Å². The maximum Gasteiger partial charge on any atom is 0.160 e. The third kappa shape index (κ3) is 4.57. The highest BCUT2D eigenvalue weighted by Crippen LogP contribution is 2.30. The van der Waals surface area contributed by atoms with Crippen molar-refractivity contribution >= 4 is 31.9 Å². The molecule has 154 valence electrons. The van der Waals surface area contributed by atoms with Gasteiger partial charge in [-0.05, 0) is 41.5 Å². The van der Waals surface area contributed by atoms with Gasteiger partial charge in [0.2, 0.25) is 0 Å². The lowest BCUT2D eigenvalue weighted by Crippen LogP contribution is -1.96. The predicted molar refractivity (Wildman–Crippen MR) is 139 cm³/mol. The fraction of sp³-hybridized carbons (Fsp3) is 0. The van der Waals surface area contributed by atoms with Gasteiger partial charge < -0.3 is 0 Å². The summed E-state index contributed by atoms with van der Waals surface area (Å²) in [4.78, 5) is 9.82. The van der Waals surface area contributed by atoms with E-state index < -0.39 is 0 Å². The Labute approximate surface area is 204 Å². The Morgan fingerprint density at radius 3 is 1.56 bits per heavy atom. The van der Waals surface area contributed by atoms with Crippen LogP contribution < -0.4 is 0 Å². The summed E-state index contributed by atoms with van der Waals surface area (Å²) in [7, 11) is 0. The van der Waals surface area contributed by atoms with E-state index in [0.29, 0.717) is 5.82 Å². The zero-order valence-corrected chi connectivity index (χ0v) is 20.2. The van der Waals surface area contributed by atoms with Gasteiger partial charge in [-0.3, -0.25) is 0 Å². The molecule has 5 rings (SSSR count). The Morgan fingerprint density at radius 1 is 0.406 bits per heavy atom. The van der Waals surface area contributed by atoms with Crippen LogP contribution in [0.2, 0.25) is 0 Å². The van der Waals surface area contributed by atoms with Gasteiger partial charge in [0.1, 0.15) is 0 Å². The fourth-order valence-electron chi connectivity index (χ4n) is 3.61. The average Bonchev–Trinajstić information content (AvgIpc) is 2.84. The van der Waals surface area contributed by atoms with Crippen LogP contribution in [0.4, 0.5) is 0 Å². The highest BCUT2D eigenvalue weighted by molar-refractivity contribution is 9.10. The predicted octanol–water partition coefficient (Wildman–Crippen LogP) is 8.67. The van der Waals surface area contributed by atoms with Gasteiger partial charge in [-0.2, -0.15) is 0 Å². The maximum atomic E-state index is 4.92. The normalized spacial score (nSPS) is 10.8. The van der Waals surface area contributed by atoms with Crippen molar-refractivity contribution in [2.24, 2.45) is 0 Å². The smallest absolute Gasteiger partial charge is 0.160 e. The van der Waals surface area contributed by atoms with Crippen molar-refractivity contribution in [1.29, 1.82) is 0 Å². The zero-order chi connectivity index (χ0) is 21.9. The molecule has 4 heteroatoms. The standard InChI is InChI=1S/C28H18Br2N2/c29-24-10-4-8-22(16-24)27-18-26(31-28(32-27)23-9-5-11-25(30)17-23)21-14-12-20(13-15-21)19-6-2-1-3-7-19/h1-18H. The summed E-state index contributed by atoms with van der Waals surface area (Å²) in [5.74, 6) is 0.700. The summed E-state index contributed by atoms with van der Waals surface area (Å²) in [6.45, 7) is 0. The number of hydrogen-bond donors (Lipinski definition) is 0. The van der Waals surface area contributed by atoms with Gasteiger partial charge in [0.15, 0.2) is 5.82 Å². The summed E-state index contributed by atoms with van der Waals surface area (Å²) in [6.07, 6.45) is 0. The van der Waals surface area contributed by atoms with E-state index in [-0.39, 0.29) is 0 Å². The van der Waals surface area contributed by atoms with E-state index in [1.54, 1.807) is 0 Å². The first-order valence-corrected chi connectivity index (χ1v) is 11.8. The van der Waals surface area contributed by atoms with Gasteiger partial charge >= 0.3 is 0 Å². The van der Waals surface area contributed by atoms with Crippen LogP contribution in [0.15, 0.2) is 118 Å². The second-order valence-electron chi connectivity index (χ2n) is 7.43. The second-order valence-corrected chi connectivity index (χ2v) is 9.26. The van der Waals surface area contributed by atoms with Crippen LogP contribution in [0.3, 0.4) is 0 Å². The molecule has 0 radical (unpaired) electrons. The lowest BCUT2D eigenvalue weighted by atomic mass is 10.0. The summed E-state index contributed by atoms with van der Waals surface area (Å²) in [5, 5.41) is 0. The van der Waals surface area contributed by atoms with Crippen LogP contribution in [0.1, 0.15) is 0 Å². The van der Waals surface area contributed by atoms with Crippen molar-refractivity contribution in [2.75, 3.05) is 0 Å². The Bertz CT molecular complexity index is 1320. The van der Waals surface area contributed by atoms with Crippen LogP contribution in [0.5, 0.6) is 0 Å². The van der Waals surface area contributed by atoms with E-state index in [0.717, 1.165) is 37.0 Å². The average molecular weight is 542 g/mol. The molecule has 0 aliphatic carbocycles. The van der Waals surface area contributed by atoms with Gasteiger partial charge in [0.05, 0.1) is 11.4 Å². The van der Waals surface area contributed by atoms with Crippen molar-refractivity contribution in [2.45, 2.75) is 0 Å². The van der Waals surface area contributed by atoms with Gasteiger partial charge in [-0.1, -0.05) is 111 Å². The molecule has 2 nitrogen and oxygen atoms in total. The van der Waals surface area contributed by atoms with Crippen LogP contribution >= 0.6 is 31.9 Å². The molecule has 1 heterocycles. The lowest BCUT2D eigenvalue weighted by molar-refractivity contribution is 1.18. The van der Waals surface area contributed by atoms with E-state index in [4.69, 9.17) is 9.97 Å². The van der Waals surface area contributed by atoms with E-state index in [9.17, 15) is 0 Å². The molecule has 0 unspecified atom stereocenters. The number of benzene rings is 4. The van der Waals surface area contributed by atoms with Crippen LogP contribution in [0.25, 0.3) is 45.0 Å². The Morgan fingerprint density at radius 2 is 0.906 bits per heavy atom. The molecule has 0 spiro atoms. The van der Waals surface area contributed by atoms with Crippen molar-refractivity contribution < 1.29 is 0 Å². The van der Waals surface area contributed by atoms with E-state index in [1.807, 2.05) is 42.5 Å². The molecular weight excluding hydrogens is 524 g/mol. The molecular formula is C28H18Br2N2. The summed E-state index contributed by atoms with van der Waals surface area (Å²) in [6, 6.07) is 37.3. The first-order chi connectivity index (χ1) is 15.7. The van der Waals surface area contributed by atoms with E-state index in [2.05, 4.69) is 98.6 Å². The molecule has 5 aromatic rings. The number of rotatable bonds is 4. The molecule has 0 fully saturated rings. The van der Waals surface area contributed by atoms with Crippen molar-refractivity contribution in [3.8, 4) is 45.0 Å². The quantitative estimate of drug-likeness (QED) is 0.227. The minimum absolute atomic E-state index is 0.700. The number of halogens is 2. The van der Waals surface area contributed by atoms with E-state index in [1.165, 1.54) is 11.1 Å². The molecule has 0 aliphatic rings. The molecule has 0 amide bonds. The molecule has 1 aromatic heterocycles. The van der Waals surface area contributed by atoms with E-state index >= 15 is 0 Å². The Hall–Kier alpha value is -3.08. The van der Waals surface area contributed by atoms with Gasteiger partial charge in [0, 0.05) is 25.6 Å². The second kappa shape index (κ2) is 9.19. The fourth-order valence-corrected chi connectivity index (χ4v) is 4.41. The van der Waals surface area contributed by atoms with Crippen molar-refractivity contribution in [3.63, 3.8) is 0 Å². The summed E-state index contributed by atoms with van der Waals surface area (Å²) in [5.41, 5.74) is 7.23. The maximum absolute atomic E-state index is 4.92. The lowest BCUT2D eigenvalue weighted by Gasteiger charge is -2.10. The summed E-state index contributed by atoms with van der Waals surface area (Å²) >= 11 is 7.14. The highest BCUT2D eigenvalue weighted by Gasteiger charge is 2.11. The minimum atomic E-state index is 0.700. The minimum Gasteiger partial charge on any atom is -0.228 e. The van der Waals surface area contributed by atoms with Crippen LogP contribution in [0, 0.1) is 0 Å². The summed E-state index contributed by atoms with van der Waals surface area (Å²) < 4.78 is 2.02. The Kier molecular flexibility index (Phi) is 5.97. The molecule has 4 aromatic carbocycles. The highest BCUT2D eigenvalue weighted by atomic mass is 79.9. The number of aromatic nitrogens is 2. The molecule has 0 N–H and O–H groups in total. The van der Waals surface area contributed by atoms with Crippen LogP contribution in [-0.4, -0.2) is 9.97 Å². The van der Waals surface area contributed by atoms with Crippen LogP contribution in [-0.2, 0) is 0 Å². The molecule has 0 atom stereocenters. The third-order valence-electron chi connectivity index (χ3n) is 5.22.